The Morgan fingerprint density at radius 1 is 1.13 bits per heavy atom. The molecule has 1 fully saturated rings. The number of amides is 1. The van der Waals surface area contributed by atoms with E-state index in [9.17, 15) is 4.79 Å². The number of rotatable bonds is 8. The van der Waals surface area contributed by atoms with Crippen LogP contribution in [0.2, 0.25) is 0 Å². The summed E-state index contributed by atoms with van der Waals surface area (Å²) in [5.74, 6) is 0.635. The highest BCUT2D eigenvalue weighted by molar-refractivity contribution is 5.88. The molecular weight excluding hydrogens is 386 g/mol. The first kappa shape index (κ1) is 21.2. The minimum Gasteiger partial charge on any atom is -0.371 e. The Morgan fingerprint density at radius 2 is 1.94 bits per heavy atom. The van der Waals surface area contributed by atoms with Gasteiger partial charge in [0, 0.05) is 62.6 Å². The molecule has 1 aromatic heterocycles. The van der Waals surface area contributed by atoms with Gasteiger partial charge in [0.15, 0.2) is 0 Å². The molecule has 0 unspecified atom stereocenters. The predicted molar refractivity (Wildman–Crippen MR) is 125 cm³/mol. The lowest BCUT2D eigenvalue weighted by atomic mass is 9.95. The van der Waals surface area contributed by atoms with E-state index < -0.39 is 0 Å². The highest BCUT2D eigenvalue weighted by atomic mass is 16.2. The van der Waals surface area contributed by atoms with Crippen LogP contribution in [0.1, 0.15) is 42.0 Å². The third kappa shape index (κ3) is 5.01. The highest BCUT2D eigenvalue weighted by Gasteiger charge is 2.27. The van der Waals surface area contributed by atoms with Gasteiger partial charge in [0.1, 0.15) is 0 Å². The largest absolute Gasteiger partial charge is 0.371 e. The Morgan fingerprint density at radius 3 is 2.65 bits per heavy atom. The summed E-state index contributed by atoms with van der Waals surface area (Å²) in [6.07, 6.45) is 8.82. The number of carbonyl (C=O) groups excluding carboxylic acids is 1. The maximum atomic E-state index is 12.6. The number of nitrogens with zero attached hydrogens (tertiary/aromatic N) is 3. The van der Waals surface area contributed by atoms with Crippen molar-refractivity contribution in [3.8, 4) is 0 Å². The number of aryl methyl sites for hydroxylation is 1. The SMILES string of the molecule is N=CC(C=N)c1ccc2c(c1)CCN2CC1CCN(C(=O)CCc2ccccn2)CC1. The fourth-order valence-electron chi connectivity index (χ4n) is 4.74. The van der Waals surface area contributed by atoms with E-state index in [1.165, 1.54) is 23.7 Å². The molecule has 3 heterocycles. The molecule has 0 aliphatic carbocycles. The van der Waals surface area contributed by atoms with Crippen LogP contribution in [0.15, 0.2) is 42.6 Å². The zero-order chi connectivity index (χ0) is 21.6. The number of anilines is 1. The van der Waals surface area contributed by atoms with Gasteiger partial charge in [-0.3, -0.25) is 9.78 Å². The van der Waals surface area contributed by atoms with E-state index in [0.717, 1.165) is 56.7 Å². The molecule has 2 aliphatic rings. The lowest BCUT2D eigenvalue weighted by Gasteiger charge is -2.34. The molecule has 2 N–H and O–H groups in total. The van der Waals surface area contributed by atoms with E-state index in [2.05, 4.69) is 28.1 Å². The van der Waals surface area contributed by atoms with E-state index in [1.807, 2.05) is 23.1 Å². The van der Waals surface area contributed by atoms with Gasteiger partial charge >= 0.3 is 0 Å². The predicted octanol–water partition coefficient (Wildman–Crippen LogP) is 3.70. The number of pyridine rings is 1. The second kappa shape index (κ2) is 9.86. The monoisotopic (exact) mass is 417 g/mol. The van der Waals surface area contributed by atoms with Crippen LogP contribution < -0.4 is 4.90 Å². The Balaban J connectivity index is 1.27. The minimum absolute atomic E-state index is 0.223. The quantitative estimate of drug-likeness (QED) is 0.643. The first-order valence-corrected chi connectivity index (χ1v) is 11.2. The number of benzene rings is 1. The van der Waals surface area contributed by atoms with Crippen LogP contribution in [-0.2, 0) is 17.6 Å². The van der Waals surface area contributed by atoms with E-state index in [1.54, 1.807) is 6.20 Å². The summed E-state index contributed by atoms with van der Waals surface area (Å²) in [4.78, 5) is 21.4. The zero-order valence-corrected chi connectivity index (χ0v) is 18.0. The van der Waals surface area contributed by atoms with Crippen molar-refractivity contribution in [3.05, 3.63) is 59.4 Å². The number of hydrogen-bond acceptors (Lipinski definition) is 5. The summed E-state index contributed by atoms with van der Waals surface area (Å²) >= 11 is 0. The maximum Gasteiger partial charge on any atom is 0.222 e. The first-order valence-electron chi connectivity index (χ1n) is 11.2. The molecule has 1 saturated heterocycles. The van der Waals surface area contributed by atoms with Crippen LogP contribution >= 0.6 is 0 Å². The molecular formula is C25H31N5O. The summed E-state index contributed by atoms with van der Waals surface area (Å²) in [6.45, 7) is 3.78. The van der Waals surface area contributed by atoms with E-state index in [0.29, 0.717) is 18.8 Å². The van der Waals surface area contributed by atoms with Crippen LogP contribution in [0.25, 0.3) is 0 Å². The average Bonchev–Trinajstić information content (AvgIpc) is 3.21. The number of fused-ring (bicyclic) bond motifs is 1. The highest BCUT2D eigenvalue weighted by Crippen LogP contribution is 2.32. The zero-order valence-electron chi connectivity index (χ0n) is 18.0. The van der Waals surface area contributed by atoms with Gasteiger partial charge in [0.2, 0.25) is 5.91 Å². The van der Waals surface area contributed by atoms with Crippen molar-refractivity contribution in [2.45, 2.75) is 38.0 Å². The normalized spacial score (nSPS) is 17.3. The van der Waals surface area contributed by atoms with Crippen molar-refractivity contribution in [1.82, 2.24) is 9.88 Å². The summed E-state index contributed by atoms with van der Waals surface area (Å²) in [7, 11) is 0. The average molecular weight is 418 g/mol. The van der Waals surface area contributed by atoms with Gasteiger partial charge in [-0.25, -0.2) is 0 Å². The Bertz CT molecular complexity index is 913. The molecule has 0 radical (unpaired) electrons. The van der Waals surface area contributed by atoms with Gasteiger partial charge in [-0.2, -0.15) is 0 Å². The molecule has 0 bridgehead atoms. The van der Waals surface area contributed by atoms with Crippen LogP contribution in [0.4, 0.5) is 5.69 Å². The number of nitrogens with one attached hydrogen (secondary N) is 2. The lowest BCUT2D eigenvalue weighted by molar-refractivity contribution is -0.132. The first-order chi connectivity index (χ1) is 15.2. The Kier molecular flexibility index (Phi) is 6.75. The van der Waals surface area contributed by atoms with Crippen LogP contribution in [0, 0.1) is 16.7 Å². The second-order valence-corrected chi connectivity index (χ2v) is 8.59. The summed E-state index contributed by atoms with van der Waals surface area (Å²) in [6, 6.07) is 12.2. The number of aromatic nitrogens is 1. The van der Waals surface area contributed by atoms with Crippen molar-refractivity contribution >= 4 is 24.0 Å². The molecule has 0 atom stereocenters. The molecule has 2 aliphatic heterocycles. The van der Waals surface area contributed by atoms with Crippen LogP contribution in [-0.4, -0.2) is 54.4 Å². The van der Waals surface area contributed by atoms with Crippen molar-refractivity contribution in [2.24, 2.45) is 5.92 Å². The molecule has 162 valence electrons. The fraction of sp³-hybridized carbons (Fsp3) is 0.440. The number of hydrogen-bond donors (Lipinski definition) is 2. The lowest BCUT2D eigenvalue weighted by Crippen LogP contribution is -2.41. The molecule has 4 rings (SSSR count). The molecule has 1 amide bonds. The maximum absolute atomic E-state index is 12.6. The van der Waals surface area contributed by atoms with Gasteiger partial charge in [-0.05, 0) is 60.9 Å². The van der Waals surface area contributed by atoms with Crippen molar-refractivity contribution in [2.75, 3.05) is 31.1 Å². The van der Waals surface area contributed by atoms with Gasteiger partial charge < -0.3 is 20.6 Å². The minimum atomic E-state index is -0.223. The van der Waals surface area contributed by atoms with Crippen molar-refractivity contribution in [1.29, 1.82) is 10.8 Å². The van der Waals surface area contributed by atoms with Crippen molar-refractivity contribution < 1.29 is 4.79 Å². The topological polar surface area (TPSA) is 84.1 Å². The molecule has 6 nitrogen and oxygen atoms in total. The van der Waals surface area contributed by atoms with Crippen LogP contribution in [0.3, 0.4) is 0 Å². The van der Waals surface area contributed by atoms with Crippen molar-refractivity contribution in [3.63, 3.8) is 0 Å². The third-order valence-corrected chi connectivity index (χ3v) is 6.61. The molecule has 2 aromatic rings. The van der Waals surface area contributed by atoms with E-state index in [-0.39, 0.29) is 11.8 Å². The number of carbonyl (C=O) groups is 1. The molecule has 6 heteroatoms. The van der Waals surface area contributed by atoms with Crippen LogP contribution in [0.5, 0.6) is 0 Å². The van der Waals surface area contributed by atoms with Gasteiger partial charge in [-0.15, -0.1) is 0 Å². The number of likely N-dealkylation sites (tertiary alicyclic amines) is 1. The standard InChI is InChI=1S/C25H31N5O/c26-16-22(17-27)20-4-6-24-21(15-20)10-14-30(24)18-19-8-12-29(13-9-19)25(31)7-5-23-3-1-2-11-28-23/h1-4,6,11,15-17,19,22,26-27H,5,7-10,12-14,18H2. The Hall–Kier alpha value is -3.02. The smallest absolute Gasteiger partial charge is 0.222 e. The molecule has 0 spiro atoms. The van der Waals surface area contributed by atoms with Gasteiger partial charge in [0.05, 0.1) is 5.92 Å². The van der Waals surface area contributed by atoms with Gasteiger partial charge in [-0.1, -0.05) is 18.2 Å². The fourth-order valence-corrected chi connectivity index (χ4v) is 4.74. The van der Waals surface area contributed by atoms with E-state index >= 15 is 0 Å². The summed E-state index contributed by atoms with van der Waals surface area (Å²) in [5.41, 5.74) is 4.64. The van der Waals surface area contributed by atoms with Gasteiger partial charge in [0.25, 0.3) is 0 Å². The summed E-state index contributed by atoms with van der Waals surface area (Å²) < 4.78 is 0. The summed E-state index contributed by atoms with van der Waals surface area (Å²) in [5, 5.41) is 15.0. The molecule has 1 aromatic carbocycles. The molecule has 31 heavy (non-hydrogen) atoms. The third-order valence-electron chi connectivity index (χ3n) is 6.61. The Labute approximate surface area is 184 Å². The van der Waals surface area contributed by atoms with E-state index in [4.69, 9.17) is 10.8 Å². The second-order valence-electron chi connectivity index (χ2n) is 8.59. The molecule has 0 saturated carbocycles. The number of piperidine rings is 1.